The molecule has 1 saturated heterocycles. The molecule has 0 radical (unpaired) electrons. The molecule has 1 saturated carbocycles. The van der Waals surface area contributed by atoms with Gasteiger partial charge in [-0.2, -0.15) is 5.10 Å². The zero-order valence-corrected chi connectivity index (χ0v) is 16.5. The number of benzene rings is 1. The number of amides is 2. The average Bonchev–Trinajstić information content (AvgIpc) is 3.40. The molecule has 6 heteroatoms. The van der Waals surface area contributed by atoms with Gasteiger partial charge >= 0.3 is 6.03 Å². The molecule has 0 bridgehead atoms. The van der Waals surface area contributed by atoms with Crippen molar-refractivity contribution in [2.24, 2.45) is 0 Å². The van der Waals surface area contributed by atoms with E-state index in [1.54, 1.807) is 0 Å². The maximum Gasteiger partial charge on any atom is 0.321 e. The summed E-state index contributed by atoms with van der Waals surface area (Å²) in [7, 11) is 0. The Labute approximate surface area is 160 Å². The molecular formula is C21H29N5O. The van der Waals surface area contributed by atoms with Gasteiger partial charge in [-0.05, 0) is 36.8 Å². The maximum atomic E-state index is 12.8. The van der Waals surface area contributed by atoms with E-state index >= 15 is 0 Å². The van der Waals surface area contributed by atoms with Crippen LogP contribution in [0.4, 0.5) is 16.3 Å². The van der Waals surface area contributed by atoms with Gasteiger partial charge in [0, 0.05) is 49.5 Å². The van der Waals surface area contributed by atoms with Gasteiger partial charge in [0.15, 0.2) is 5.82 Å². The molecule has 2 amide bonds. The first kappa shape index (κ1) is 17.9. The van der Waals surface area contributed by atoms with Crippen molar-refractivity contribution in [2.45, 2.75) is 45.4 Å². The molecule has 2 fully saturated rings. The van der Waals surface area contributed by atoms with E-state index < -0.39 is 0 Å². The van der Waals surface area contributed by atoms with Crippen molar-refractivity contribution in [3.8, 4) is 0 Å². The van der Waals surface area contributed by atoms with Crippen molar-refractivity contribution in [3.05, 3.63) is 41.1 Å². The molecule has 144 valence electrons. The van der Waals surface area contributed by atoms with Gasteiger partial charge in [0.2, 0.25) is 0 Å². The first-order chi connectivity index (χ1) is 13.0. The third kappa shape index (κ3) is 3.80. The molecule has 1 aliphatic heterocycles. The number of aromatic nitrogens is 2. The molecule has 2 aliphatic rings. The molecule has 6 nitrogen and oxygen atoms in total. The SMILES string of the molecule is Cc1cccc(C(C)C)c1NC(=O)N1CCN(c2cc(C3CC3)[nH]n2)CC1. The molecule has 2 heterocycles. The molecule has 1 aromatic heterocycles. The summed E-state index contributed by atoms with van der Waals surface area (Å²) in [5.74, 6) is 2.07. The monoisotopic (exact) mass is 367 g/mol. The number of rotatable bonds is 4. The predicted molar refractivity (Wildman–Crippen MR) is 109 cm³/mol. The number of aryl methyl sites for hydroxylation is 1. The fourth-order valence-electron chi connectivity index (χ4n) is 3.76. The second-order valence-corrected chi connectivity index (χ2v) is 8.05. The van der Waals surface area contributed by atoms with Crippen LogP contribution in [-0.2, 0) is 0 Å². The second kappa shape index (κ2) is 7.25. The van der Waals surface area contributed by atoms with Crippen molar-refractivity contribution in [3.63, 3.8) is 0 Å². The van der Waals surface area contributed by atoms with Crippen LogP contribution in [0.3, 0.4) is 0 Å². The van der Waals surface area contributed by atoms with Gasteiger partial charge in [0.05, 0.1) is 0 Å². The van der Waals surface area contributed by atoms with E-state index in [9.17, 15) is 4.79 Å². The van der Waals surface area contributed by atoms with Crippen molar-refractivity contribution >= 4 is 17.5 Å². The van der Waals surface area contributed by atoms with Crippen LogP contribution >= 0.6 is 0 Å². The Kier molecular flexibility index (Phi) is 4.81. The number of aromatic amines is 1. The van der Waals surface area contributed by atoms with E-state index in [1.165, 1.54) is 24.1 Å². The molecule has 0 atom stereocenters. The first-order valence-electron chi connectivity index (χ1n) is 9.98. The summed E-state index contributed by atoms with van der Waals surface area (Å²) in [4.78, 5) is 17.0. The standard InChI is InChI=1S/C21H29N5O/c1-14(2)17-6-4-5-15(3)20(17)22-21(27)26-11-9-25(10-12-26)19-13-18(23-24-19)16-7-8-16/h4-6,13-14,16H,7-12H2,1-3H3,(H,22,27)(H,23,24). The second-order valence-electron chi connectivity index (χ2n) is 8.05. The number of piperazine rings is 1. The Morgan fingerprint density at radius 2 is 1.96 bits per heavy atom. The third-order valence-corrected chi connectivity index (χ3v) is 5.65. The van der Waals surface area contributed by atoms with Crippen molar-refractivity contribution in [1.82, 2.24) is 15.1 Å². The lowest BCUT2D eigenvalue weighted by Crippen LogP contribution is -2.50. The Morgan fingerprint density at radius 3 is 2.63 bits per heavy atom. The number of anilines is 2. The maximum absolute atomic E-state index is 12.8. The zero-order valence-electron chi connectivity index (χ0n) is 16.5. The lowest BCUT2D eigenvalue weighted by molar-refractivity contribution is 0.208. The molecular weight excluding hydrogens is 338 g/mol. The van der Waals surface area contributed by atoms with Crippen LogP contribution in [0.25, 0.3) is 0 Å². The summed E-state index contributed by atoms with van der Waals surface area (Å²) in [6.07, 6.45) is 2.54. The molecule has 2 N–H and O–H groups in total. The highest BCUT2D eigenvalue weighted by Crippen LogP contribution is 2.39. The van der Waals surface area contributed by atoms with E-state index in [0.717, 1.165) is 30.2 Å². The van der Waals surface area contributed by atoms with Crippen LogP contribution in [0.5, 0.6) is 0 Å². The van der Waals surface area contributed by atoms with Crippen LogP contribution in [0, 0.1) is 6.92 Å². The number of carbonyl (C=O) groups excluding carboxylic acids is 1. The van der Waals surface area contributed by atoms with E-state index in [1.807, 2.05) is 4.90 Å². The van der Waals surface area contributed by atoms with Gasteiger partial charge in [0.1, 0.15) is 0 Å². The summed E-state index contributed by atoms with van der Waals surface area (Å²) in [6, 6.07) is 8.37. The average molecular weight is 367 g/mol. The van der Waals surface area contributed by atoms with Crippen LogP contribution in [0.1, 0.15) is 55.3 Å². The summed E-state index contributed by atoms with van der Waals surface area (Å²) < 4.78 is 0. The zero-order chi connectivity index (χ0) is 19.0. The Morgan fingerprint density at radius 1 is 1.22 bits per heavy atom. The number of hydrogen-bond donors (Lipinski definition) is 2. The van der Waals surface area contributed by atoms with Gasteiger partial charge in [0.25, 0.3) is 0 Å². The fraction of sp³-hybridized carbons (Fsp3) is 0.524. The van der Waals surface area contributed by atoms with Gasteiger partial charge in [-0.1, -0.05) is 32.0 Å². The Balaban J connectivity index is 1.37. The normalized spacial score (nSPS) is 17.5. The van der Waals surface area contributed by atoms with Gasteiger partial charge in [-0.3, -0.25) is 5.10 Å². The Bertz CT molecular complexity index is 816. The van der Waals surface area contributed by atoms with Crippen molar-refractivity contribution in [1.29, 1.82) is 0 Å². The minimum Gasteiger partial charge on any atom is -0.352 e. The quantitative estimate of drug-likeness (QED) is 0.856. The number of para-hydroxylation sites is 1. The van der Waals surface area contributed by atoms with E-state index in [2.05, 4.69) is 65.5 Å². The summed E-state index contributed by atoms with van der Waals surface area (Å²) in [6.45, 7) is 9.40. The van der Waals surface area contributed by atoms with Crippen molar-refractivity contribution in [2.75, 3.05) is 36.4 Å². The van der Waals surface area contributed by atoms with E-state index in [-0.39, 0.29) is 6.03 Å². The molecule has 0 spiro atoms. The van der Waals surface area contributed by atoms with Crippen molar-refractivity contribution < 1.29 is 4.79 Å². The van der Waals surface area contributed by atoms with E-state index in [0.29, 0.717) is 24.9 Å². The highest BCUT2D eigenvalue weighted by molar-refractivity contribution is 5.91. The first-order valence-corrected chi connectivity index (χ1v) is 9.98. The summed E-state index contributed by atoms with van der Waals surface area (Å²) >= 11 is 0. The largest absolute Gasteiger partial charge is 0.352 e. The number of nitrogens with one attached hydrogen (secondary N) is 2. The number of urea groups is 1. The molecule has 1 aliphatic carbocycles. The number of carbonyl (C=O) groups is 1. The molecule has 2 aromatic rings. The highest BCUT2D eigenvalue weighted by atomic mass is 16.2. The molecule has 4 rings (SSSR count). The number of nitrogens with zero attached hydrogens (tertiary/aromatic N) is 3. The minimum atomic E-state index is -0.00783. The van der Waals surface area contributed by atoms with Crippen LogP contribution in [0.15, 0.2) is 24.3 Å². The molecule has 1 aromatic carbocycles. The lowest BCUT2D eigenvalue weighted by atomic mass is 9.98. The fourth-order valence-corrected chi connectivity index (χ4v) is 3.76. The summed E-state index contributed by atoms with van der Waals surface area (Å²) in [5, 5.41) is 10.8. The van der Waals surface area contributed by atoms with E-state index in [4.69, 9.17) is 0 Å². The molecule has 27 heavy (non-hydrogen) atoms. The van der Waals surface area contributed by atoms with Gasteiger partial charge < -0.3 is 15.1 Å². The lowest BCUT2D eigenvalue weighted by Gasteiger charge is -2.35. The number of hydrogen-bond acceptors (Lipinski definition) is 3. The molecule has 0 unspecified atom stereocenters. The Hall–Kier alpha value is -2.50. The topological polar surface area (TPSA) is 64.3 Å². The van der Waals surface area contributed by atoms with Crippen LogP contribution in [-0.4, -0.2) is 47.3 Å². The van der Waals surface area contributed by atoms with Gasteiger partial charge in [-0.15, -0.1) is 0 Å². The van der Waals surface area contributed by atoms with Gasteiger partial charge in [-0.25, -0.2) is 4.79 Å². The number of H-pyrrole nitrogens is 1. The van der Waals surface area contributed by atoms with Crippen LogP contribution in [0.2, 0.25) is 0 Å². The smallest absolute Gasteiger partial charge is 0.321 e. The third-order valence-electron chi connectivity index (χ3n) is 5.65. The summed E-state index contributed by atoms with van der Waals surface area (Å²) in [5.41, 5.74) is 4.51. The van der Waals surface area contributed by atoms with Crippen LogP contribution < -0.4 is 10.2 Å². The highest BCUT2D eigenvalue weighted by Gasteiger charge is 2.28. The minimum absolute atomic E-state index is 0.00783. The predicted octanol–water partition coefficient (Wildman–Crippen LogP) is 4.07.